The van der Waals surface area contributed by atoms with Crippen LogP contribution in [-0.4, -0.2) is 36.3 Å². The Morgan fingerprint density at radius 3 is 2.61 bits per heavy atom. The fourth-order valence-corrected chi connectivity index (χ4v) is 3.26. The van der Waals surface area contributed by atoms with Crippen LogP contribution in [0.25, 0.3) is 11.7 Å². The molecule has 8 nitrogen and oxygen atoms in total. The van der Waals surface area contributed by atoms with Crippen molar-refractivity contribution in [3.8, 4) is 11.8 Å². The first-order valence-electron chi connectivity index (χ1n) is 9.70. The van der Waals surface area contributed by atoms with Gasteiger partial charge >= 0.3 is 0 Å². The van der Waals surface area contributed by atoms with Crippen LogP contribution in [0.4, 0.5) is 20.3 Å². The van der Waals surface area contributed by atoms with E-state index in [2.05, 4.69) is 25.4 Å². The fraction of sp³-hybridized carbons (Fsp3) is 0.190. The second-order valence-corrected chi connectivity index (χ2v) is 7.50. The van der Waals surface area contributed by atoms with Gasteiger partial charge in [0.25, 0.3) is 0 Å². The number of hydrogen-bond acceptors (Lipinski definition) is 6. The largest absolute Gasteiger partial charge is 0.494 e. The molecule has 0 saturated heterocycles. The molecule has 0 spiro atoms. The van der Waals surface area contributed by atoms with Crippen molar-refractivity contribution in [3.63, 3.8) is 0 Å². The van der Waals surface area contributed by atoms with Crippen molar-refractivity contribution >= 4 is 23.2 Å². The highest BCUT2D eigenvalue weighted by Crippen LogP contribution is 2.28. The maximum Gasteiger partial charge on any atom is 0.198 e. The van der Waals surface area contributed by atoms with Crippen LogP contribution in [0.5, 0.6) is 11.8 Å². The summed E-state index contributed by atoms with van der Waals surface area (Å²) in [6, 6.07) is 6.16. The summed E-state index contributed by atoms with van der Waals surface area (Å²) in [5.41, 5.74) is 1.53. The smallest absolute Gasteiger partial charge is 0.198 e. The molecule has 0 unspecified atom stereocenters. The molecular weight excluding hydrogens is 406 g/mol. The summed E-state index contributed by atoms with van der Waals surface area (Å²) in [6.07, 6.45) is 5.45. The first-order chi connectivity index (χ1) is 14.9. The lowest BCUT2D eigenvalue weighted by Gasteiger charge is -2.07. The molecule has 4 aromatic rings. The van der Waals surface area contributed by atoms with Gasteiger partial charge in [0.05, 0.1) is 6.20 Å². The molecule has 1 aromatic carbocycles. The molecule has 0 bridgehead atoms. The first kappa shape index (κ1) is 19.0. The van der Waals surface area contributed by atoms with E-state index >= 15 is 0 Å². The van der Waals surface area contributed by atoms with Crippen LogP contribution in [0.2, 0.25) is 0 Å². The second-order valence-electron chi connectivity index (χ2n) is 7.50. The van der Waals surface area contributed by atoms with E-state index in [-0.39, 0.29) is 17.4 Å². The third kappa shape index (κ3) is 4.04. The molecule has 10 heteroatoms. The van der Waals surface area contributed by atoms with Gasteiger partial charge in [0.2, 0.25) is 0 Å². The Bertz CT molecular complexity index is 1390. The van der Waals surface area contributed by atoms with Crippen molar-refractivity contribution in [1.82, 2.24) is 19.6 Å². The zero-order valence-corrected chi connectivity index (χ0v) is 16.2. The van der Waals surface area contributed by atoms with Crippen molar-refractivity contribution in [3.05, 3.63) is 64.4 Å². The highest BCUT2D eigenvalue weighted by atomic mass is 19.1. The standard InChI is InChI=1S/C21H18F2N6O2/c22-14-5-15(23)7-16(6-14)26-17-8-18(24-9-11-1-2-11)29-20(27-17)13(10-25-29)3-12-4-19(30)28-21(12)31/h3-8,10-11,26,28,30-31H,1-2,9H2. The molecule has 3 heterocycles. The van der Waals surface area contributed by atoms with Crippen molar-refractivity contribution in [2.24, 2.45) is 10.9 Å². The number of anilines is 2. The first-order valence-corrected chi connectivity index (χ1v) is 9.70. The van der Waals surface area contributed by atoms with Crippen LogP contribution < -0.4 is 16.0 Å². The van der Waals surface area contributed by atoms with Gasteiger partial charge in [0, 0.05) is 41.2 Å². The Labute approximate surface area is 174 Å². The van der Waals surface area contributed by atoms with Crippen molar-refractivity contribution in [2.45, 2.75) is 12.8 Å². The maximum absolute atomic E-state index is 13.6. The maximum atomic E-state index is 13.6. The van der Waals surface area contributed by atoms with Crippen LogP contribution in [0.3, 0.4) is 0 Å². The summed E-state index contributed by atoms with van der Waals surface area (Å²) < 4.78 is 28.7. The van der Waals surface area contributed by atoms with Crippen LogP contribution in [0.15, 0.2) is 41.5 Å². The van der Waals surface area contributed by atoms with Crippen LogP contribution in [0, 0.1) is 17.6 Å². The lowest BCUT2D eigenvalue weighted by atomic mass is 10.2. The van der Waals surface area contributed by atoms with E-state index in [1.165, 1.54) is 18.2 Å². The van der Waals surface area contributed by atoms with Crippen molar-refractivity contribution < 1.29 is 19.0 Å². The van der Waals surface area contributed by atoms with Gasteiger partial charge in [-0.1, -0.05) is 0 Å². The molecule has 0 amide bonds. The number of aromatic nitrogens is 4. The summed E-state index contributed by atoms with van der Waals surface area (Å²) >= 11 is 0. The monoisotopic (exact) mass is 424 g/mol. The van der Waals surface area contributed by atoms with Crippen LogP contribution >= 0.6 is 0 Å². The Morgan fingerprint density at radius 2 is 1.94 bits per heavy atom. The molecule has 0 radical (unpaired) electrons. The van der Waals surface area contributed by atoms with Crippen LogP contribution in [0.1, 0.15) is 18.4 Å². The third-order valence-corrected chi connectivity index (χ3v) is 4.95. The van der Waals surface area contributed by atoms with Gasteiger partial charge in [-0.2, -0.15) is 9.61 Å². The lowest BCUT2D eigenvalue weighted by Crippen LogP contribution is -2.20. The summed E-state index contributed by atoms with van der Waals surface area (Å²) in [7, 11) is 0. The van der Waals surface area contributed by atoms with E-state index < -0.39 is 11.6 Å². The van der Waals surface area contributed by atoms with Gasteiger partial charge < -0.3 is 15.5 Å². The number of halogens is 2. The lowest BCUT2D eigenvalue weighted by molar-refractivity contribution is 0.425. The summed E-state index contributed by atoms with van der Waals surface area (Å²) in [5, 5.41) is 27.3. The van der Waals surface area contributed by atoms with Crippen molar-refractivity contribution in [1.29, 1.82) is 0 Å². The summed E-state index contributed by atoms with van der Waals surface area (Å²) in [6.45, 7) is 0.651. The van der Waals surface area contributed by atoms with Crippen molar-refractivity contribution in [2.75, 3.05) is 11.9 Å². The number of nitrogens with zero attached hydrogens (tertiary/aromatic N) is 4. The number of rotatable bonds is 5. The SMILES string of the molecule is Oc1cc(C=c2cnn3c(=NCC4CC4)cc(Nc4cc(F)cc(F)c4)nc23)c(O)[nH]1. The Kier molecular flexibility index (Phi) is 4.54. The molecule has 1 aliphatic carbocycles. The van der Waals surface area contributed by atoms with Gasteiger partial charge in [-0.15, -0.1) is 0 Å². The van der Waals surface area contributed by atoms with Gasteiger partial charge in [-0.25, -0.2) is 13.8 Å². The molecule has 0 atom stereocenters. The minimum Gasteiger partial charge on any atom is -0.494 e. The third-order valence-electron chi connectivity index (χ3n) is 4.95. The van der Waals surface area contributed by atoms with E-state index in [1.54, 1.807) is 22.9 Å². The van der Waals surface area contributed by atoms with E-state index in [0.29, 0.717) is 40.2 Å². The molecule has 1 aliphatic rings. The molecule has 5 rings (SSSR count). The average molecular weight is 424 g/mol. The number of aromatic amines is 1. The predicted molar refractivity (Wildman–Crippen MR) is 109 cm³/mol. The molecule has 1 fully saturated rings. The molecule has 1 saturated carbocycles. The summed E-state index contributed by atoms with van der Waals surface area (Å²) in [5.74, 6) is -0.892. The quantitative estimate of drug-likeness (QED) is 0.393. The van der Waals surface area contributed by atoms with E-state index in [4.69, 9.17) is 0 Å². The molecule has 4 N–H and O–H groups in total. The fourth-order valence-electron chi connectivity index (χ4n) is 3.26. The number of H-pyrrole nitrogens is 1. The molecular formula is C21H18F2N6O2. The molecule has 31 heavy (non-hydrogen) atoms. The highest BCUT2D eigenvalue weighted by molar-refractivity contribution is 5.63. The molecule has 158 valence electrons. The van der Waals surface area contributed by atoms with Gasteiger partial charge in [0.15, 0.2) is 22.9 Å². The van der Waals surface area contributed by atoms with E-state index in [9.17, 15) is 19.0 Å². The normalized spacial score (nSPS) is 15.2. The number of hydrogen-bond donors (Lipinski definition) is 4. The van der Waals surface area contributed by atoms with Gasteiger partial charge in [-0.3, -0.25) is 9.98 Å². The van der Waals surface area contributed by atoms with E-state index in [0.717, 1.165) is 18.9 Å². The zero-order valence-electron chi connectivity index (χ0n) is 16.2. The minimum absolute atomic E-state index is 0.177. The Morgan fingerprint density at radius 1 is 1.16 bits per heavy atom. The van der Waals surface area contributed by atoms with Gasteiger partial charge in [-0.05, 0) is 37.0 Å². The minimum atomic E-state index is -0.705. The Balaban J connectivity index is 1.65. The van der Waals surface area contributed by atoms with E-state index in [1.807, 2.05) is 0 Å². The Hall–Kier alpha value is -3.95. The average Bonchev–Trinajstić information content (AvgIpc) is 3.36. The predicted octanol–water partition coefficient (Wildman–Crippen LogP) is 2.35. The molecule has 3 aromatic heterocycles. The number of nitrogens with one attached hydrogen (secondary N) is 2. The molecule has 0 aliphatic heterocycles. The number of fused-ring (bicyclic) bond motifs is 1. The summed E-state index contributed by atoms with van der Waals surface area (Å²) in [4.78, 5) is 11.6. The highest BCUT2D eigenvalue weighted by Gasteiger charge is 2.20. The van der Waals surface area contributed by atoms with Gasteiger partial charge in [0.1, 0.15) is 17.5 Å². The topological polar surface area (TPSA) is 111 Å². The number of benzene rings is 1. The zero-order chi connectivity index (χ0) is 21.5. The second kappa shape index (κ2) is 7.38. The number of aromatic hydroxyl groups is 2. The van der Waals surface area contributed by atoms with Crippen LogP contribution in [-0.2, 0) is 0 Å².